The van der Waals surface area contributed by atoms with Gasteiger partial charge in [0.25, 0.3) is 0 Å². The highest BCUT2D eigenvalue weighted by Crippen LogP contribution is 2.25. The van der Waals surface area contributed by atoms with E-state index in [-0.39, 0.29) is 19.1 Å². The molecule has 1 atom stereocenters. The predicted molar refractivity (Wildman–Crippen MR) is 91.5 cm³/mol. The van der Waals surface area contributed by atoms with Gasteiger partial charge in [0, 0.05) is 38.3 Å². The van der Waals surface area contributed by atoms with Crippen molar-refractivity contribution in [1.29, 1.82) is 0 Å². The number of rotatable bonds is 4. The van der Waals surface area contributed by atoms with Crippen molar-refractivity contribution >= 4 is 10.0 Å². The minimum absolute atomic E-state index is 0.175. The average molecular weight is 366 g/mol. The molecule has 0 spiro atoms. The van der Waals surface area contributed by atoms with Crippen LogP contribution in [0.4, 0.5) is 8.78 Å². The Balaban J connectivity index is 1.71. The first-order chi connectivity index (χ1) is 11.9. The first-order valence-corrected chi connectivity index (χ1v) is 9.58. The largest absolute Gasteiger partial charge is 0.294 e. The molecule has 134 valence electrons. The van der Waals surface area contributed by atoms with Crippen LogP contribution < -0.4 is 0 Å². The van der Waals surface area contributed by atoms with Crippen LogP contribution in [-0.2, 0) is 10.0 Å². The van der Waals surface area contributed by atoms with Crippen LogP contribution in [0.2, 0.25) is 0 Å². The summed E-state index contributed by atoms with van der Waals surface area (Å²) in [4.78, 5) is 1.72. The molecular formula is C18H20F2N2O2S. The highest BCUT2D eigenvalue weighted by Gasteiger charge is 2.32. The standard InChI is InChI=1S/C18H20F2N2O2S/c1-14(15-5-3-2-4-6-15)21-9-11-22(12-10-21)25(23,24)18-8-7-16(19)13-17(18)20/h2-8,13-14H,9-12H2,1H3/t14-/m1/s1. The predicted octanol–water partition coefficient (Wildman–Crippen LogP) is 3.03. The molecule has 3 rings (SSSR count). The van der Waals surface area contributed by atoms with Gasteiger partial charge in [0.1, 0.15) is 16.5 Å². The Morgan fingerprint density at radius 2 is 1.60 bits per heavy atom. The van der Waals surface area contributed by atoms with Crippen molar-refractivity contribution in [3.05, 3.63) is 65.7 Å². The molecule has 0 amide bonds. The molecule has 7 heteroatoms. The highest BCUT2D eigenvalue weighted by molar-refractivity contribution is 7.89. The molecule has 0 aliphatic carbocycles. The Morgan fingerprint density at radius 3 is 2.20 bits per heavy atom. The van der Waals surface area contributed by atoms with Gasteiger partial charge >= 0.3 is 0 Å². The van der Waals surface area contributed by atoms with Crippen molar-refractivity contribution in [3.63, 3.8) is 0 Å². The van der Waals surface area contributed by atoms with Crippen molar-refractivity contribution in [3.8, 4) is 0 Å². The average Bonchev–Trinajstić information content (AvgIpc) is 2.61. The van der Waals surface area contributed by atoms with Crippen molar-refractivity contribution < 1.29 is 17.2 Å². The van der Waals surface area contributed by atoms with Crippen LogP contribution >= 0.6 is 0 Å². The van der Waals surface area contributed by atoms with Crippen LogP contribution in [0.1, 0.15) is 18.5 Å². The number of nitrogens with zero attached hydrogens (tertiary/aromatic N) is 2. The van der Waals surface area contributed by atoms with Gasteiger partial charge in [0.2, 0.25) is 10.0 Å². The molecule has 0 N–H and O–H groups in total. The van der Waals surface area contributed by atoms with E-state index in [2.05, 4.69) is 11.8 Å². The van der Waals surface area contributed by atoms with E-state index in [9.17, 15) is 17.2 Å². The second-order valence-electron chi connectivity index (χ2n) is 6.10. The molecule has 1 aliphatic heterocycles. The van der Waals surface area contributed by atoms with Crippen LogP contribution in [0.15, 0.2) is 53.4 Å². The van der Waals surface area contributed by atoms with E-state index in [1.54, 1.807) is 0 Å². The summed E-state index contributed by atoms with van der Waals surface area (Å²) in [5.74, 6) is -1.85. The van der Waals surface area contributed by atoms with Crippen LogP contribution in [0.25, 0.3) is 0 Å². The lowest BCUT2D eigenvalue weighted by Gasteiger charge is -2.37. The number of hydrogen-bond acceptors (Lipinski definition) is 3. The summed E-state index contributed by atoms with van der Waals surface area (Å²) >= 11 is 0. The normalized spacial score (nSPS) is 18.2. The van der Waals surface area contributed by atoms with E-state index >= 15 is 0 Å². The molecule has 0 bridgehead atoms. The molecular weight excluding hydrogens is 346 g/mol. The van der Waals surface area contributed by atoms with Gasteiger partial charge in [0.15, 0.2) is 0 Å². The maximum Gasteiger partial charge on any atom is 0.246 e. The lowest BCUT2D eigenvalue weighted by molar-refractivity contribution is 0.145. The molecule has 1 fully saturated rings. The number of halogens is 2. The Bertz CT molecular complexity index is 835. The molecule has 0 radical (unpaired) electrons. The van der Waals surface area contributed by atoms with Crippen molar-refractivity contribution in [2.45, 2.75) is 17.9 Å². The fourth-order valence-corrected chi connectivity index (χ4v) is 4.56. The first kappa shape index (κ1) is 18.0. The SMILES string of the molecule is C[C@H](c1ccccc1)N1CCN(S(=O)(=O)c2ccc(F)cc2F)CC1. The third-order valence-electron chi connectivity index (χ3n) is 4.61. The minimum atomic E-state index is -3.96. The lowest BCUT2D eigenvalue weighted by atomic mass is 10.1. The fourth-order valence-electron chi connectivity index (χ4n) is 3.10. The number of benzene rings is 2. The van der Waals surface area contributed by atoms with Gasteiger partial charge < -0.3 is 0 Å². The molecule has 0 saturated carbocycles. The van der Waals surface area contributed by atoms with E-state index in [4.69, 9.17) is 0 Å². The van der Waals surface area contributed by atoms with E-state index in [0.29, 0.717) is 19.2 Å². The molecule has 0 aromatic heterocycles. The number of piperazine rings is 1. The first-order valence-electron chi connectivity index (χ1n) is 8.14. The molecule has 25 heavy (non-hydrogen) atoms. The zero-order valence-electron chi connectivity index (χ0n) is 13.9. The lowest BCUT2D eigenvalue weighted by Crippen LogP contribution is -2.49. The molecule has 4 nitrogen and oxygen atoms in total. The van der Waals surface area contributed by atoms with Gasteiger partial charge in [-0.05, 0) is 24.6 Å². The van der Waals surface area contributed by atoms with Gasteiger partial charge in [-0.3, -0.25) is 4.90 Å². The van der Waals surface area contributed by atoms with Crippen LogP contribution in [0, 0.1) is 11.6 Å². The molecule has 1 saturated heterocycles. The zero-order chi connectivity index (χ0) is 18.0. The number of sulfonamides is 1. The fraction of sp³-hybridized carbons (Fsp3) is 0.333. The van der Waals surface area contributed by atoms with Crippen molar-refractivity contribution in [1.82, 2.24) is 9.21 Å². The Kier molecular flexibility index (Phi) is 5.17. The van der Waals surface area contributed by atoms with E-state index in [0.717, 1.165) is 12.1 Å². The molecule has 2 aromatic carbocycles. The van der Waals surface area contributed by atoms with Crippen molar-refractivity contribution in [2.24, 2.45) is 0 Å². The zero-order valence-corrected chi connectivity index (χ0v) is 14.7. The molecule has 1 heterocycles. The Hall–Kier alpha value is -1.83. The van der Waals surface area contributed by atoms with E-state index in [1.165, 1.54) is 9.87 Å². The molecule has 2 aromatic rings. The van der Waals surface area contributed by atoms with Crippen LogP contribution in [0.5, 0.6) is 0 Å². The summed E-state index contributed by atoms with van der Waals surface area (Å²) in [6.07, 6.45) is 0. The summed E-state index contributed by atoms with van der Waals surface area (Å²) in [7, 11) is -3.96. The maximum atomic E-state index is 13.9. The third kappa shape index (κ3) is 3.73. The van der Waals surface area contributed by atoms with E-state index in [1.807, 2.05) is 30.3 Å². The minimum Gasteiger partial charge on any atom is -0.294 e. The highest BCUT2D eigenvalue weighted by atomic mass is 32.2. The second-order valence-corrected chi connectivity index (χ2v) is 8.01. The maximum absolute atomic E-state index is 13.9. The third-order valence-corrected chi connectivity index (χ3v) is 6.55. The van der Waals surface area contributed by atoms with Crippen LogP contribution in [0.3, 0.4) is 0 Å². The quantitative estimate of drug-likeness (QED) is 0.835. The Morgan fingerprint density at radius 1 is 0.960 bits per heavy atom. The summed E-state index contributed by atoms with van der Waals surface area (Å²) in [5, 5.41) is 0. The summed E-state index contributed by atoms with van der Waals surface area (Å²) in [6.45, 7) is 3.74. The smallest absolute Gasteiger partial charge is 0.246 e. The number of hydrogen-bond donors (Lipinski definition) is 0. The van der Waals surface area contributed by atoms with Gasteiger partial charge in [0.05, 0.1) is 0 Å². The van der Waals surface area contributed by atoms with Gasteiger partial charge in [-0.25, -0.2) is 17.2 Å². The monoisotopic (exact) mass is 366 g/mol. The van der Waals surface area contributed by atoms with Gasteiger partial charge in [-0.1, -0.05) is 30.3 Å². The summed E-state index contributed by atoms with van der Waals surface area (Å²) in [5.41, 5.74) is 1.17. The van der Waals surface area contributed by atoms with Gasteiger partial charge in [-0.15, -0.1) is 0 Å². The second kappa shape index (κ2) is 7.19. The Labute approximate surface area is 146 Å². The van der Waals surface area contributed by atoms with E-state index < -0.39 is 26.6 Å². The molecule has 0 unspecified atom stereocenters. The topological polar surface area (TPSA) is 40.6 Å². The van der Waals surface area contributed by atoms with Crippen LogP contribution in [-0.4, -0.2) is 43.8 Å². The summed E-state index contributed by atoms with van der Waals surface area (Å²) in [6, 6.07) is 12.7. The van der Waals surface area contributed by atoms with Crippen molar-refractivity contribution in [2.75, 3.05) is 26.2 Å². The van der Waals surface area contributed by atoms with Gasteiger partial charge in [-0.2, -0.15) is 4.31 Å². The molecule has 1 aliphatic rings. The summed E-state index contributed by atoms with van der Waals surface area (Å²) < 4.78 is 53.4.